The average Bonchev–Trinajstić information content (AvgIpc) is 2.73. The second kappa shape index (κ2) is 10.0. The van der Waals surface area contributed by atoms with Crippen LogP contribution in [0.1, 0.15) is 17.3 Å². The largest absolute Gasteiger partial charge is 0.450 e. The summed E-state index contributed by atoms with van der Waals surface area (Å²) in [6.45, 7) is 2.03. The number of hydrogen-bond donors (Lipinski definition) is 1. The first-order valence-corrected chi connectivity index (χ1v) is 11.8. The Bertz CT molecular complexity index is 1120. The number of halogens is 3. The summed E-state index contributed by atoms with van der Waals surface area (Å²) >= 11 is 11.8. The fraction of sp³-hybridized carbons (Fsp3) is 0.300. The maximum atomic E-state index is 14.5. The summed E-state index contributed by atoms with van der Waals surface area (Å²) in [5.74, 6) is -1.65. The normalized spacial score (nSPS) is 14.8. The molecule has 0 aliphatic carbocycles. The molecule has 1 saturated heterocycles. The topological polar surface area (TPSA) is 96.0 Å². The molecule has 0 aromatic heterocycles. The molecular formula is C20H20Cl2FN3O5S. The van der Waals surface area contributed by atoms with Crippen molar-refractivity contribution in [1.29, 1.82) is 0 Å². The Morgan fingerprint density at radius 1 is 1.06 bits per heavy atom. The maximum absolute atomic E-state index is 14.5. The number of nitrogens with zero attached hydrogens (tertiary/aromatic N) is 2. The summed E-state index contributed by atoms with van der Waals surface area (Å²) in [6.07, 6.45) is -0.532. The van der Waals surface area contributed by atoms with Crippen molar-refractivity contribution in [2.75, 3.05) is 38.1 Å². The fourth-order valence-corrected chi connectivity index (χ4v) is 5.18. The van der Waals surface area contributed by atoms with Crippen LogP contribution in [-0.4, -0.2) is 62.4 Å². The van der Waals surface area contributed by atoms with E-state index in [9.17, 15) is 22.4 Å². The lowest BCUT2D eigenvalue weighted by atomic mass is 10.2. The molecule has 1 N–H and O–H groups in total. The van der Waals surface area contributed by atoms with Gasteiger partial charge in [0, 0.05) is 47.5 Å². The van der Waals surface area contributed by atoms with Crippen LogP contribution in [0.4, 0.5) is 14.9 Å². The molecular weight excluding hydrogens is 484 g/mol. The highest BCUT2D eigenvalue weighted by Gasteiger charge is 2.33. The van der Waals surface area contributed by atoms with Gasteiger partial charge in [-0.05, 0) is 43.3 Å². The summed E-state index contributed by atoms with van der Waals surface area (Å²) in [4.78, 5) is 25.2. The van der Waals surface area contributed by atoms with E-state index in [2.05, 4.69) is 5.32 Å². The third-order valence-corrected chi connectivity index (χ3v) is 7.05. The Labute approximate surface area is 194 Å². The van der Waals surface area contributed by atoms with Gasteiger partial charge < -0.3 is 15.0 Å². The van der Waals surface area contributed by atoms with Gasteiger partial charge in [0.05, 0.1) is 6.61 Å². The van der Waals surface area contributed by atoms with Crippen molar-refractivity contribution in [1.82, 2.24) is 9.21 Å². The number of benzene rings is 2. The number of amides is 2. The zero-order valence-electron chi connectivity index (χ0n) is 17.0. The van der Waals surface area contributed by atoms with Crippen LogP contribution in [0.25, 0.3) is 0 Å². The fourth-order valence-electron chi connectivity index (χ4n) is 3.14. The number of sulfonamides is 1. The number of nitrogens with one attached hydrogen (secondary N) is 1. The van der Waals surface area contributed by atoms with Gasteiger partial charge in [0.2, 0.25) is 10.0 Å². The molecule has 0 atom stereocenters. The molecule has 1 fully saturated rings. The Morgan fingerprint density at radius 3 is 2.28 bits per heavy atom. The summed E-state index contributed by atoms with van der Waals surface area (Å²) in [5, 5.41) is 3.16. The smallest absolute Gasteiger partial charge is 0.409 e. The molecule has 1 aliphatic heterocycles. The van der Waals surface area contributed by atoms with E-state index in [0.717, 1.165) is 16.4 Å². The summed E-state index contributed by atoms with van der Waals surface area (Å²) in [5.41, 5.74) is 0.238. The van der Waals surface area contributed by atoms with Gasteiger partial charge in [-0.15, -0.1) is 0 Å². The molecule has 2 aromatic rings. The first-order valence-electron chi connectivity index (χ1n) is 9.60. The monoisotopic (exact) mass is 503 g/mol. The molecule has 2 aromatic carbocycles. The molecule has 1 heterocycles. The van der Waals surface area contributed by atoms with Crippen molar-refractivity contribution >= 4 is 50.9 Å². The molecule has 8 nitrogen and oxygen atoms in total. The predicted molar refractivity (Wildman–Crippen MR) is 118 cm³/mol. The zero-order chi connectivity index (χ0) is 23.5. The molecule has 0 unspecified atom stereocenters. The number of carbonyl (C=O) groups excluding carboxylic acids is 2. The SMILES string of the molecule is CCOC(=O)N1CCN(S(=O)(=O)c2cc(C(=O)Nc3cc(Cl)cc(Cl)c3)ccc2F)CC1. The van der Waals surface area contributed by atoms with E-state index >= 15 is 0 Å². The van der Waals surface area contributed by atoms with E-state index < -0.39 is 32.7 Å². The molecule has 172 valence electrons. The number of carbonyl (C=O) groups is 2. The number of piperazine rings is 1. The Kier molecular flexibility index (Phi) is 7.60. The highest BCUT2D eigenvalue weighted by molar-refractivity contribution is 7.89. The van der Waals surface area contributed by atoms with Crippen molar-refractivity contribution in [2.24, 2.45) is 0 Å². The van der Waals surface area contributed by atoms with Crippen molar-refractivity contribution in [3.8, 4) is 0 Å². The van der Waals surface area contributed by atoms with Crippen LogP contribution >= 0.6 is 23.2 Å². The third kappa shape index (κ3) is 5.50. The van der Waals surface area contributed by atoms with Gasteiger partial charge in [0.15, 0.2) is 0 Å². The molecule has 0 spiro atoms. The van der Waals surface area contributed by atoms with Crippen molar-refractivity contribution in [3.05, 3.63) is 57.8 Å². The molecule has 1 aliphatic rings. The number of rotatable bonds is 5. The highest BCUT2D eigenvalue weighted by atomic mass is 35.5. The lowest BCUT2D eigenvalue weighted by Gasteiger charge is -2.33. The van der Waals surface area contributed by atoms with E-state index in [1.807, 2.05) is 0 Å². The minimum Gasteiger partial charge on any atom is -0.450 e. The zero-order valence-corrected chi connectivity index (χ0v) is 19.3. The minimum atomic E-state index is -4.24. The molecule has 32 heavy (non-hydrogen) atoms. The van der Waals surface area contributed by atoms with Crippen molar-refractivity contribution in [3.63, 3.8) is 0 Å². The van der Waals surface area contributed by atoms with Gasteiger partial charge in [-0.1, -0.05) is 23.2 Å². The third-order valence-electron chi connectivity index (χ3n) is 4.70. The standard InChI is InChI=1S/C20H20Cl2FN3O5S/c1-2-31-20(28)25-5-7-26(8-6-25)32(29,30)18-9-13(3-4-17(18)23)19(27)24-16-11-14(21)10-15(22)12-16/h3-4,9-12H,2,5-8H2,1H3,(H,24,27). The van der Waals surface area contributed by atoms with Gasteiger partial charge in [-0.25, -0.2) is 17.6 Å². The summed E-state index contributed by atoms with van der Waals surface area (Å²) < 4.78 is 46.5. The first-order chi connectivity index (χ1) is 15.1. The van der Waals surface area contributed by atoms with Crippen LogP contribution in [0.2, 0.25) is 10.0 Å². The second-order valence-corrected chi connectivity index (χ2v) is 9.63. The molecule has 0 saturated carbocycles. The van der Waals surface area contributed by atoms with Crippen LogP contribution in [0.5, 0.6) is 0 Å². The van der Waals surface area contributed by atoms with Gasteiger partial charge in [0.25, 0.3) is 5.91 Å². The van der Waals surface area contributed by atoms with Crippen molar-refractivity contribution in [2.45, 2.75) is 11.8 Å². The first kappa shape index (κ1) is 24.2. The van der Waals surface area contributed by atoms with E-state index in [-0.39, 0.29) is 38.3 Å². The van der Waals surface area contributed by atoms with E-state index in [1.54, 1.807) is 6.92 Å². The van der Waals surface area contributed by atoms with Crippen LogP contribution in [-0.2, 0) is 14.8 Å². The van der Waals surface area contributed by atoms with E-state index in [0.29, 0.717) is 15.7 Å². The van der Waals surface area contributed by atoms with Crippen LogP contribution in [0.15, 0.2) is 41.3 Å². The molecule has 0 radical (unpaired) electrons. The number of ether oxygens (including phenoxy) is 1. The molecule has 2 amide bonds. The molecule has 12 heteroatoms. The summed E-state index contributed by atoms with van der Waals surface area (Å²) in [6, 6.07) is 7.49. The Morgan fingerprint density at radius 2 is 1.69 bits per heavy atom. The van der Waals surface area contributed by atoms with Gasteiger partial charge in [-0.3, -0.25) is 4.79 Å². The van der Waals surface area contributed by atoms with Gasteiger partial charge in [0.1, 0.15) is 10.7 Å². The predicted octanol–water partition coefficient (Wildman–Crippen LogP) is 3.85. The van der Waals surface area contributed by atoms with Gasteiger partial charge >= 0.3 is 6.09 Å². The number of hydrogen-bond acceptors (Lipinski definition) is 5. The van der Waals surface area contributed by atoms with Crippen molar-refractivity contribution < 1.29 is 27.1 Å². The van der Waals surface area contributed by atoms with Crippen LogP contribution in [0, 0.1) is 5.82 Å². The Balaban J connectivity index is 1.78. The summed E-state index contributed by atoms with van der Waals surface area (Å²) in [7, 11) is -4.24. The lowest BCUT2D eigenvalue weighted by Crippen LogP contribution is -2.50. The molecule has 3 rings (SSSR count). The minimum absolute atomic E-state index is 0.0297. The molecule has 0 bridgehead atoms. The van der Waals surface area contributed by atoms with E-state index in [4.69, 9.17) is 27.9 Å². The lowest BCUT2D eigenvalue weighted by molar-refractivity contribution is 0.0933. The van der Waals surface area contributed by atoms with Crippen LogP contribution in [0.3, 0.4) is 0 Å². The second-order valence-electron chi connectivity index (χ2n) is 6.85. The number of anilines is 1. The highest BCUT2D eigenvalue weighted by Crippen LogP contribution is 2.25. The van der Waals surface area contributed by atoms with Gasteiger partial charge in [-0.2, -0.15) is 4.31 Å². The maximum Gasteiger partial charge on any atom is 0.409 e. The average molecular weight is 504 g/mol. The Hall–Kier alpha value is -2.40. The van der Waals surface area contributed by atoms with E-state index in [1.165, 1.54) is 29.2 Å². The quantitative estimate of drug-likeness (QED) is 0.668. The van der Waals surface area contributed by atoms with Crippen LogP contribution < -0.4 is 5.32 Å².